The summed E-state index contributed by atoms with van der Waals surface area (Å²) in [6.45, 7) is 3.78. The SMILES string of the molecule is Cc1cccc(Nc2cc(-c3ccccc3)nc(NCCN(C)C)n2)c1. The van der Waals surface area contributed by atoms with E-state index in [-0.39, 0.29) is 0 Å². The first-order valence-electron chi connectivity index (χ1n) is 8.77. The monoisotopic (exact) mass is 347 g/mol. The zero-order chi connectivity index (χ0) is 18.4. The average molecular weight is 347 g/mol. The predicted molar refractivity (Wildman–Crippen MR) is 109 cm³/mol. The molecule has 0 radical (unpaired) electrons. The number of hydrogen-bond acceptors (Lipinski definition) is 5. The Balaban J connectivity index is 1.89. The maximum absolute atomic E-state index is 4.68. The predicted octanol–water partition coefficient (Wildman–Crippen LogP) is 4.17. The number of rotatable bonds is 7. The molecule has 0 unspecified atom stereocenters. The summed E-state index contributed by atoms with van der Waals surface area (Å²) in [5.41, 5.74) is 4.18. The van der Waals surface area contributed by atoms with Gasteiger partial charge in [0, 0.05) is 30.4 Å². The first-order valence-corrected chi connectivity index (χ1v) is 8.77. The molecule has 0 fully saturated rings. The van der Waals surface area contributed by atoms with Crippen molar-refractivity contribution >= 4 is 17.5 Å². The van der Waals surface area contributed by atoms with Crippen molar-refractivity contribution in [2.24, 2.45) is 0 Å². The molecule has 0 aliphatic heterocycles. The second kappa shape index (κ2) is 8.45. The Bertz CT molecular complexity index is 846. The van der Waals surface area contributed by atoms with E-state index in [9.17, 15) is 0 Å². The Morgan fingerprint density at radius 2 is 1.73 bits per heavy atom. The summed E-state index contributed by atoms with van der Waals surface area (Å²) >= 11 is 0. The van der Waals surface area contributed by atoms with Gasteiger partial charge in [0.1, 0.15) is 5.82 Å². The maximum atomic E-state index is 4.68. The minimum absolute atomic E-state index is 0.628. The molecule has 3 rings (SSSR count). The van der Waals surface area contributed by atoms with Crippen LogP contribution < -0.4 is 10.6 Å². The van der Waals surface area contributed by atoms with E-state index in [2.05, 4.69) is 56.7 Å². The number of aryl methyl sites for hydroxylation is 1. The van der Waals surface area contributed by atoms with Crippen LogP contribution in [0.5, 0.6) is 0 Å². The van der Waals surface area contributed by atoms with Crippen molar-refractivity contribution < 1.29 is 0 Å². The number of anilines is 3. The minimum Gasteiger partial charge on any atom is -0.353 e. The Morgan fingerprint density at radius 3 is 2.46 bits per heavy atom. The van der Waals surface area contributed by atoms with Crippen LogP contribution in [0, 0.1) is 6.92 Å². The van der Waals surface area contributed by atoms with Gasteiger partial charge >= 0.3 is 0 Å². The summed E-state index contributed by atoms with van der Waals surface area (Å²) in [7, 11) is 4.10. The van der Waals surface area contributed by atoms with Crippen molar-refractivity contribution in [2.45, 2.75) is 6.92 Å². The Labute approximate surface area is 155 Å². The largest absolute Gasteiger partial charge is 0.353 e. The highest BCUT2D eigenvalue weighted by Crippen LogP contribution is 2.23. The number of nitrogens with zero attached hydrogens (tertiary/aromatic N) is 3. The number of hydrogen-bond donors (Lipinski definition) is 2. The molecule has 26 heavy (non-hydrogen) atoms. The molecule has 0 spiro atoms. The van der Waals surface area contributed by atoms with Gasteiger partial charge in [-0.3, -0.25) is 0 Å². The first-order chi connectivity index (χ1) is 12.6. The van der Waals surface area contributed by atoms with Crippen LogP contribution in [0.1, 0.15) is 5.56 Å². The average Bonchev–Trinajstić information content (AvgIpc) is 2.62. The highest BCUT2D eigenvalue weighted by atomic mass is 15.2. The van der Waals surface area contributed by atoms with E-state index in [1.54, 1.807) is 0 Å². The summed E-state index contributed by atoms with van der Waals surface area (Å²) in [5.74, 6) is 1.40. The minimum atomic E-state index is 0.628. The van der Waals surface area contributed by atoms with Crippen LogP contribution in [-0.4, -0.2) is 42.1 Å². The molecule has 0 saturated heterocycles. The molecule has 0 amide bonds. The summed E-state index contributed by atoms with van der Waals surface area (Å²) in [5, 5.41) is 6.71. The van der Waals surface area contributed by atoms with E-state index in [1.807, 2.05) is 50.5 Å². The number of nitrogens with one attached hydrogen (secondary N) is 2. The second-order valence-electron chi connectivity index (χ2n) is 6.55. The number of likely N-dealkylation sites (N-methyl/N-ethyl adjacent to an activating group) is 1. The van der Waals surface area contributed by atoms with Crippen molar-refractivity contribution in [3.63, 3.8) is 0 Å². The molecule has 0 saturated carbocycles. The smallest absolute Gasteiger partial charge is 0.225 e. The molecule has 5 heteroatoms. The first kappa shape index (κ1) is 17.9. The van der Waals surface area contributed by atoms with Crippen molar-refractivity contribution in [3.8, 4) is 11.3 Å². The summed E-state index contributed by atoms with van der Waals surface area (Å²) in [6.07, 6.45) is 0. The van der Waals surface area contributed by atoms with Crippen LogP contribution in [0.25, 0.3) is 11.3 Å². The van der Waals surface area contributed by atoms with Crippen molar-refractivity contribution in [3.05, 3.63) is 66.2 Å². The van der Waals surface area contributed by atoms with Gasteiger partial charge in [-0.05, 0) is 38.7 Å². The fourth-order valence-corrected chi connectivity index (χ4v) is 2.61. The van der Waals surface area contributed by atoms with Crippen molar-refractivity contribution in [1.29, 1.82) is 0 Å². The van der Waals surface area contributed by atoms with E-state index in [4.69, 9.17) is 0 Å². The zero-order valence-corrected chi connectivity index (χ0v) is 15.5. The van der Waals surface area contributed by atoms with Gasteiger partial charge in [-0.1, -0.05) is 42.5 Å². The standard InChI is InChI=1S/C21H25N5/c1-16-8-7-11-18(14-16)23-20-15-19(17-9-5-4-6-10-17)24-21(25-20)22-12-13-26(2)3/h4-11,14-15H,12-13H2,1-3H3,(H2,22,23,24,25). The third kappa shape index (κ3) is 5.04. The fourth-order valence-electron chi connectivity index (χ4n) is 2.61. The van der Waals surface area contributed by atoms with Crippen LogP contribution in [0.3, 0.4) is 0 Å². The molecule has 0 aliphatic carbocycles. The quantitative estimate of drug-likeness (QED) is 0.672. The lowest BCUT2D eigenvalue weighted by Crippen LogP contribution is -2.21. The topological polar surface area (TPSA) is 53.1 Å². The molecule has 1 aromatic heterocycles. The highest BCUT2D eigenvalue weighted by molar-refractivity contribution is 5.67. The van der Waals surface area contributed by atoms with Crippen LogP contribution in [0.15, 0.2) is 60.7 Å². The van der Waals surface area contributed by atoms with Crippen LogP contribution in [0.4, 0.5) is 17.5 Å². The van der Waals surface area contributed by atoms with Gasteiger partial charge in [0.25, 0.3) is 0 Å². The molecule has 134 valence electrons. The summed E-state index contributed by atoms with van der Waals surface area (Å²) < 4.78 is 0. The molecule has 0 bridgehead atoms. The molecule has 3 aromatic rings. The van der Waals surface area contributed by atoms with Gasteiger partial charge in [-0.15, -0.1) is 0 Å². The van der Waals surface area contributed by atoms with Gasteiger partial charge in [0.15, 0.2) is 0 Å². The molecule has 1 heterocycles. The molecule has 2 aromatic carbocycles. The zero-order valence-electron chi connectivity index (χ0n) is 15.5. The van der Waals surface area contributed by atoms with Gasteiger partial charge in [-0.2, -0.15) is 4.98 Å². The van der Waals surface area contributed by atoms with E-state index < -0.39 is 0 Å². The summed E-state index contributed by atoms with van der Waals surface area (Å²) in [4.78, 5) is 11.4. The fraction of sp³-hybridized carbons (Fsp3) is 0.238. The molecular formula is C21H25N5. The van der Waals surface area contributed by atoms with Gasteiger partial charge in [-0.25, -0.2) is 4.98 Å². The molecule has 5 nitrogen and oxygen atoms in total. The van der Waals surface area contributed by atoms with Gasteiger partial charge < -0.3 is 15.5 Å². The van der Waals surface area contributed by atoms with E-state index in [0.29, 0.717) is 5.95 Å². The summed E-state index contributed by atoms with van der Waals surface area (Å²) in [6, 6.07) is 20.4. The number of benzene rings is 2. The van der Waals surface area contributed by atoms with Gasteiger partial charge in [0.05, 0.1) is 5.69 Å². The Morgan fingerprint density at radius 1 is 0.923 bits per heavy atom. The lowest BCUT2D eigenvalue weighted by Gasteiger charge is -2.13. The van der Waals surface area contributed by atoms with Crippen LogP contribution in [-0.2, 0) is 0 Å². The molecular weight excluding hydrogens is 322 g/mol. The maximum Gasteiger partial charge on any atom is 0.225 e. The third-order valence-electron chi connectivity index (χ3n) is 3.93. The molecule has 0 aliphatic rings. The van der Waals surface area contributed by atoms with Crippen LogP contribution >= 0.6 is 0 Å². The van der Waals surface area contributed by atoms with Gasteiger partial charge in [0.2, 0.25) is 5.95 Å². The van der Waals surface area contributed by atoms with Crippen LogP contribution in [0.2, 0.25) is 0 Å². The lowest BCUT2D eigenvalue weighted by atomic mass is 10.1. The Kier molecular flexibility index (Phi) is 5.81. The van der Waals surface area contributed by atoms with Crippen molar-refractivity contribution in [1.82, 2.24) is 14.9 Å². The molecule has 2 N–H and O–H groups in total. The third-order valence-corrected chi connectivity index (χ3v) is 3.93. The number of aromatic nitrogens is 2. The van der Waals surface area contributed by atoms with E-state index in [1.165, 1.54) is 5.56 Å². The van der Waals surface area contributed by atoms with E-state index >= 15 is 0 Å². The van der Waals surface area contributed by atoms with Crippen molar-refractivity contribution in [2.75, 3.05) is 37.8 Å². The molecule has 0 atom stereocenters. The lowest BCUT2D eigenvalue weighted by molar-refractivity contribution is 0.425. The normalized spacial score (nSPS) is 10.8. The highest BCUT2D eigenvalue weighted by Gasteiger charge is 2.07. The Hall–Kier alpha value is -2.92. The second-order valence-corrected chi connectivity index (χ2v) is 6.55. The van der Waals surface area contributed by atoms with E-state index in [0.717, 1.165) is 35.9 Å².